The number of thioether (sulfide) groups is 1. The number of fused-ring (bicyclic) bond motifs is 1. The van der Waals surface area contributed by atoms with Gasteiger partial charge in [0.2, 0.25) is 5.91 Å². The summed E-state index contributed by atoms with van der Waals surface area (Å²) in [6, 6.07) is 8.98. The Morgan fingerprint density at radius 2 is 2.13 bits per heavy atom. The molecule has 1 amide bonds. The van der Waals surface area contributed by atoms with Crippen molar-refractivity contribution in [1.82, 2.24) is 14.6 Å². The molecule has 0 aliphatic heterocycles. The summed E-state index contributed by atoms with van der Waals surface area (Å²) in [6.07, 6.45) is 1.66. The molecule has 2 aromatic heterocycles. The number of rotatable bonds is 4. The van der Waals surface area contributed by atoms with E-state index in [9.17, 15) is 4.79 Å². The Hall–Kier alpha value is -1.28. The minimum absolute atomic E-state index is 0.141. The molecule has 0 saturated heterocycles. The molecule has 0 atom stereocenters. The number of aromatic nitrogens is 3. The molecule has 2 heterocycles. The van der Waals surface area contributed by atoms with Crippen LogP contribution < -0.4 is 5.32 Å². The summed E-state index contributed by atoms with van der Waals surface area (Å²) in [5, 5.41) is 12.3. The summed E-state index contributed by atoms with van der Waals surface area (Å²) in [5.74, 6) is 0.0511. The maximum atomic E-state index is 12.0. The lowest BCUT2D eigenvalue weighted by molar-refractivity contribution is -0.113. The van der Waals surface area contributed by atoms with Crippen LogP contribution in [0.4, 0.5) is 5.69 Å². The van der Waals surface area contributed by atoms with E-state index in [4.69, 9.17) is 23.2 Å². The molecular weight excluding hydrogens is 423 g/mol. The summed E-state index contributed by atoms with van der Waals surface area (Å²) in [6.45, 7) is 0. The molecule has 0 radical (unpaired) electrons. The summed E-state index contributed by atoms with van der Waals surface area (Å²) < 4.78 is 2.57. The number of amides is 1. The first kappa shape index (κ1) is 16.6. The highest BCUT2D eigenvalue weighted by Gasteiger charge is 2.12. The summed E-state index contributed by atoms with van der Waals surface area (Å²) >= 11 is 16.7. The van der Waals surface area contributed by atoms with Crippen molar-refractivity contribution >= 4 is 68.1 Å². The zero-order chi connectivity index (χ0) is 16.4. The van der Waals surface area contributed by atoms with E-state index in [1.807, 2.05) is 24.3 Å². The van der Waals surface area contributed by atoms with Gasteiger partial charge < -0.3 is 5.32 Å². The molecule has 0 fully saturated rings. The van der Waals surface area contributed by atoms with Crippen molar-refractivity contribution in [2.24, 2.45) is 0 Å². The van der Waals surface area contributed by atoms with Crippen LogP contribution in [-0.2, 0) is 4.79 Å². The Bertz CT molecular complexity index is 886. The molecule has 3 rings (SSSR count). The number of nitrogens with zero attached hydrogens (tertiary/aromatic N) is 3. The van der Waals surface area contributed by atoms with E-state index in [0.29, 0.717) is 20.8 Å². The van der Waals surface area contributed by atoms with Crippen LogP contribution in [0.15, 0.2) is 46.2 Å². The van der Waals surface area contributed by atoms with Crippen molar-refractivity contribution in [1.29, 1.82) is 0 Å². The molecule has 0 saturated carbocycles. The van der Waals surface area contributed by atoms with Crippen molar-refractivity contribution in [3.63, 3.8) is 0 Å². The lowest BCUT2D eigenvalue weighted by Gasteiger charge is -2.05. The van der Waals surface area contributed by atoms with E-state index < -0.39 is 0 Å². The van der Waals surface area contributed by atoms with Crippen molar-refractivity contribution in [2.75, 3.05) is 11.1 Å². The predicted molar refractivity (Wildman–Crippen MR) is 96.5 cm³/mol. The van der Waals surface area contributed by atoms with Gasteiger partial charge in [-0.1, -0.05) is 57.0 Å². The molecule has 0 bridgehead atoms. The van der Waals surface area contributed by atoms with Crippen LogP contribution in [0.5, 0.6) is 0 Å². The largest absolute Gasteiger partial charge is 0.325 e. The SMILES string of the molecule is O=C(CSc1nnc2c(Cl)cc(Cl)cn12)Nc1cccc(Br)c1. The second-order valence-corrected chi connectivity index (χ2v) is 7.23. The van der Waals surface area contributed by atoms with E-state index in [-0.39, 0.29) is 11.7 Å². The smallest absolute Gasteiger partial charge is 0.234 e. The van der Waals surface area contributed by atoms with Gasteiger partial charge in [0, 0.05) is 16.4 Å². The minimum Gasteiger partial charge on any atom is -0.325 e. The predicted octanol–water partition coefficient (Wildman–Crippen LogP) is 4.53. The number of carbonyl (C=O) groups is 1. The zero-order valence-electron chi connectivity index (χ0n) is 11.5. The Balaban J connectivity index is 1.70. The normalized spacial score (nSPS) is 10.9. The van der Waals surface area contributed by atoms with E-state index in [2.05, 4.69) is 31.4 Å². The van der Waals surface area contributed by atoms with Crippen molar-refractivity contribution in [2.45, 2.75) is 5.16 Å². The van der Waals surface area contributed by atoms with Gasteiger partial charge >= 0.3 is 0 Å². The van der Waals surface area contributed by atoms with Crippen LogP contribution in [0.2, 0.25) is 10.0 Å². The van der Waals surface area contributed by atoms with Crippen molar-refractivity contribution in [3.05, 3.63) is 51.0 Å². The van der Waals surface area contributed by atoms with Gasteiger partial charge in [0.15, 0.2) is 10.8 Å². The molecular formula is C14H9BrCl2N4OS. The molecule has 9 heteroatoms. The van der Waals surface area contributed by atoms with Crippen LogP contribution >= 0.6 is 50.9 Å². The summed E-state index contributed by atoms with van der Waals surface area (Å²) in [7, 11) is 0. The van der Waals surface area contributed by atoms with Gasteiger partial charge in [0.25, 0.3) is 0 Å². The maximum Gasteiger partial charge on any atom is 0.234 e. The quantitative estimate of drug-likeness (QED) is 0.616. The standard InChI is InChI=1S/C14H9BrCl2N4OS/c15-8-2-1-3-10(4-8)18-12(22)7-23-14-20-19-13-11(17)5-9(16)6-21(13)14/h1-6H,7H2,(H,18,22). The third kappa shape index (κ3) is 3.98. The first-order valence-electron chi connectivity index (χ1n) is 6.41. The van der Waals surface area contributed by atoms with Gasteiger partial charge in [0.05, 0.1) is 15.8 Å². The van der Waals surface area contributed by atoms with Gasteiger partial charge in [-0.2, -0.15) is 0 Å². The van der Waals surface area contributed by atoms with Gasteiger partial charge in [-0.3, -0.25) is 9.20 Å². The number of nitrogens with one attached hydrogen (secondary N) is 1. The van der Waals surface area contributed by atoms with E-state index in [1.54, 1.807) is 16.7 Å². The first-order valence-corrected chi connectivity index (χ1v) is 8.94. The third-order valence-corrected chi connectivity index (χ3v) is 4.76. The molecule has 3 aromatic rings. The fourth-order valence-electron chi connectivity index (χ4n) is 1.89. The topological polar surface area (TPSA) is 59.3 Å². The van der Waals surface area contributed by atoms with Crippen molar-refractivity contribution < 1.29 is 4.79 Å². The molecule has 118 valence electrons. The Labute approximate surface area is 154 Å². The molecule has 1 aromatic carbocycles. The number of anilines is 1. The molecule has 1 N–H and O–H groups in total. The Morgan fingerprint density at radius 3 is 2.91 bits per heavy atom. The Kier molecular flexibility index (Phi) is 5.11. The molecule has 5 nitrogen and oxygen atoms in total. The minimum atomic E-state index is -0.141. The molecule has 0 aliphatic rings. The highest BCUT2D eigenvalue weighted by atomic mass is 79.9. The number of benzene rings is 1. The third-order valence-electron chi connectivity index (χ3n) is 2.84. The lowest BCUT2D eigenvalue weighted by Crippen LogP contribution is -2.14. The van der Waals surface area contributed by atoms with E-state index in [0.717, 1.165) is 10.2 Å². The molecule has 0 unspecified atom stereocenters. The maximum absolute atomic E-state index is 12.0. The average molecular weight is 432 g/mol. The highest BCUT2D eigenvalue weighted by Crippen LogP contribution is 2.25. The lowest BCUT2D eigenvalue weighted by atomic mass is 10.3. The molecule has 0 aliphatic carbocycles. The van der Waals surface area contributed by atoms with E-state index in [1.165, 1.54) is 11.8 Å². The second kappa shape index (κ2) is 7.09. The number of hydrogen-bond donors (Lipinski definition) is 1. The molecule has 23 heavy (non-hydrogen) atoms. The average Bonchev–Trinajstić information content (AvgIpc) is 2.88. The highest BCUT2D eigenvalue weighted by molar-refractivity contribution is 9.10. The van der Waals surface area contributed by atoms with Crippen LogP contribution in [0, 0.1) is 0 Å². The van der Waals surface area contributed by atoms with Crippen LogP contribution in [-0.4, -0.2) is 26.3 Å². The van der Waals surface area contributed by atoms with Gasteiger partial charge in [0.1, 0.15) is 0 Å². The van der Waals surface area contributed by atoms with Gasteiger partial charge in [-0.05, 0) is 24.3 Å². The number of halogens is 3. The van der Waals surface area contributed by atoms with Crippen molar-refractivity contribution in [3.8, 4) is 0 Å². The van der Waals surface area contributed by atoms with E-state index >= 15 is 0 Å². The van der Waals surface area contributed by atoms with Gasteiger partial charge in [-0.25, -0.2) is 0 Å². The number of carbonyl (C=O) groups excluding carboxylic acids is 1. The van der Waals surface area contributed by atoms with Crippen LogP contribution in [0.25, 0.3) is 5.65 Å². The summed E-state index contributed by atoms with van der Waals surface area (Å²) in [4.78, 5) is 12.0. The number of pyridine rings is 1. The second-order valence-electron chi connectivity index (χ2n) is 4.53. The van der Waals surface area contributed by atoms with Crippen LogP contribution in [0.1, 0.15) is 0 Å². The first-order chi connectivity index (χ1) is 11.0. The fraction of sp³-hybridized carbons (Fsp3) is 0.0714. The zero-order valence-corrected chi connectivity index (χ0v) is 15.4. The monoisotopic (exact) mass is 430 g/mol. The van der Waals surface area contributed by atoms with Crippen LogP contribution in [0.3, 0.4) is 0 Å². The Morgan fingerprint density at radius 1 is 1.30 bits per heavy atom. The molecule has 0 spiro atoms. The fourth-order valence-corrected chi connectivity index (χ4v) is 3.51. The number of hydrogen-bond acceptors (Lipinski definition) is 4. The summed E-state index contributed by atoms with van der Waals surface area (Å²) in [5.41, 5.74) is 1.23. The van der Waals surface area contributed by atoms with Gasteiger partial charge in [-0.15, -0.1) is 10.2 Å².